The first kappa shape index (κ1) is 16.7. The molecular formula is C15H31NS2. The van der Waals surface area contributed by atoms with E-state index in [4.69, 9.17) is 0 Å². The summed E-state index contributed by atoms with van der Waals surface area (Å²) in [7, 11) is 2.16. The van der Waals surface area contributed by atoms with Crippen molar-refractivity contribution in [2.75, 3.05) is 18.6 Å². The molecule has 1 aliphatic rings. The molecule has 18 heavy (non-hydrogen) atoms. The first-order chi connectivity index (χ1) is 8.83. The fraction of sp³-hybridized carbons (Fsp3) is 1.00. The van der Waals surface area contributed by atoms with Gasteiger partial charge in [0.25, 0.3) is 0 Å². The van der Waals surface area contributed by atoms with Gasteiger partial charge in [0.2, 0.25) is 0 Å². The topological polar surface area (TPSA) is 12.0 Å². The van der Waals surface area contributed by atoms with E-state index in [2.05, 4.69) is 49.7 Å². The van der Waals surface area contributed by atoms with E-state index in [0.717, 1.165) is 16.5 Å². The highest BCUT2D eigenvalue weighted by Crippen LogP contribution is 2.36. The Bertz CT molecular complexity index is 199. The Labute approximate surface area is 123 Å². The van der Waals surface area contributed by atoms with Crippen molar-refractivity contribution < 1.29 is 0 Å². The van der Waals surface area contributed by atoms with E-state index in [1.165, 1.54) is 56.5 Å². The molecule has 1 nitrogen and oxygen atoms in total. The third kappa shape index (κ3) is 5.75. The quantitative estimate of drug-likeness (QED) is 0.625. The van der Waals surface area contributed by atoms with Crippen LogP contribution in [0.4, 0.5) is 0 Å². The summed E-state index contributed by atoms with van der Waals surface area (Å²) in [5.41, 5.74) is 0. The van der Waals surface area contributed by atoms with Crippen LogP contribution in [-0.2, 0) is 0 Å². The third-order valence-electron chi connectivity index (χ3n) is 3.88. The first-order valence-electron chi connectivity index (χ1n) is 7.73. The van der Waals surface area contributed by atoms with E-state index in [9.17, 15) is 0 Å². The molecule has 0 aromatic rings. The van der Waals surface area contributed by atoms with Crippen molar-refractivity contribution in [1.29, 1.82) is 0 Å². The van der Waals surface area contributed by atoms with Crippen molar-refractivity contribution in [1.82, 2.24) is 5.32 Å². The highest BCUT2D eigenvalue weighted by molar-refractivity contribution is 8.07. The van der Waals surface area contributed by atoms with E-state index < -0.39 is 0 Å². The minimum absolute atomic E-state index is 0.731. The molecule has 3 unspecified atom stereocenters. The van der Waals surface area contributed by atoms with Crippen LogP contribution in [0.25, 0.3) is 0 Å². The van der Waals surface area contributed by atoms with E-state index in [1.54, 1.807) is 0 Å². The molecule has 108 valence electrons. The van der Waals surface area contributed by atoms with Crippen molar-refractivity contribution in [3.63, 3.8) is 0 Å². The third-order valence-corrected chi connectivity index (χ3v) is 7.29. The maximum atomic E-state index is 3.59. The van der Waals surface area contributed by atoms with Crippen LogP contribution < -0.4 is 5.32 Å². The molecule has 0 aromatic carbocycles. The largest absolute Gasteiger partial charge is 0.316 e. The summed E-state index contributed by atoms with van der Waals surface area (Å²) in [6.45, 7) is 4.64. The van der Waals surface area contributed by atoms with Crippen LogP contribution in [0.5, 0.6) is 0 Å². The molecule has 1 rings (SSSR count). The van der Waals surface area contributed by atoms with Crippen molar-refractivity contribution in [3.05, 3.63) is 0 Å². The second-order valence-corrected chi connectivity index (χ2v) is 7.88. The molecule has 0 spiro atoms. The molecule has 1 fully saturated rings. The Morgan fingerprint density at radius 3 is 2.44 bits per heavy atom. The number of thioether (sulfide) groups is 2. The van der Waals surface area contributed by atoms with Gasteiger partial charge < -0.3 is 5.32 Å². The normalized spacial score (nSPS) is 26.2. The van der Waals surface area contributed by atoms with Crippen LogP contribution in [0.1, 0.15) is 58.8 Å². The number of hydrogen-bond acceptors (Lipinski definition) is 3. The van der Waals surface area contributed by atoms with Crippen molar-refractivity contribution in [2.45, 2.75) is 75.3 Å². The summed E-state index contributed by atoms with van der Waals surface area (Å²) in [6.07, 6.45) is 9.72. The zero-order valence-electron chi connectivity index (χ0n) is 12.4. The number of unbranched alkanes of at least 4 members (excludes halogenated alkanes) is 4. The maximum absolute atomic E-state index is 3.59. The Balaban J connectivity index is 2.29. The fourth-order valence-electron chi connectivity index (χ4n) is 2.75. The molecule has 0 aliphatic carbocycles. The van der Waals surface area contributed by atoms with Gasteiger partial charge in [0.15, 0.2) is 0 Å². The van der Waals surface area contributed by atoms with E-state index in [0.29, 0.717) is 0 Å². The van der Waals surface area contributed by atoms with Gasteiger partial charge in [0.1, 0.15) is 0 Å². The van der Waals surface area contributed by atoms with E-state index >= 15 is 0 Å². The standard InChI is InChI=1S/C15H31NS2/c1-4-6-7-8-9-10-13(16-3)15-14(5-2)17-11-12-18-15/h13-16H,4-12H2,1-3H3. The average molecular weight is 290 g/mol. The summed E-state index contributed by atoms with van der Waals surface area (Å²) in [4.78, 5) is 0. The number of rotatable bonds is 9. The predicted molar refractivity (Wildman–Crippen MR) is 89.0 cm³/mol. The fourth-order valence-corrected chi connectivity index (χ4v) is 6.09. The lowest BCUT2D eigenvalue weighted by Gasteiger charge is -2.36. The molecule has 1 N–H and O–H groups in total. The SMILES string of the molecule is CCCCCCCC(NC)C1SCCSC1CC. The van der Waals surface area contributed by atoms with E-state index in [1.807, 2.05) is 0 Å². The summed E-state index contributed by atoms with van der Waals surface area (Å²) in [5.74, 6) is 2.70. The molecule has 0 saturated carbocycles. The van der Waals surface area contributed by atoms with Gasteiger partial charge in [-0.2, -0.15) is 23.5 Å². The van der Waals surface area contributed by atoms with Crippen molar-refractivity contribution in [2.24, 2.45) is 0 Å². The number of nitrogens with one attached hydrogen (secondary N) is 1. The minimum Gasteiger partial charge on any atom is -0.316 e. The van der Waals surface area contributed by atoms with Crippen LogP contribution in [0.3, 0.4) is 0 Å². The molecule has 0 radical (unpaired) electrons. The molecule has 1 saturated heterocycles. The monoisotopic (exact) mass is 289 g/mol. The van der Waals surface area contributed by atoms with Gasteiger partial charge in [-0.25, -0.2) is 0 Å². The average Bonchev–Trinajstić information content (AvgIpc) is 2.43. The lowest BCUT2D eigenvalue weighted by molar-refractivity contribution is 0.459. The second kappa shape index (κ2) is 10.4. The molecular weight excluding hydrogens is 258 g/mol. The van der Waals surface area contributed by atoms with Gasteiger partial charge >= 0.3 is 0 Å². The lowest BCUT2D eigenvalue weighted by Crippen LogP contribution is -2.43. The van der Waals surface area contributed by atoms with Gasteiger partial charge in [-0.1, -0.05) is 46.0 Å². The molecule has 1 aliphatic heterocycles. The minimum atomic E-state index is 0.731. The van der Waals surface area contributed by atoms with Crippen molar-refractivity contribution in [3.8, 4) is 0 Å². The maximum Gasteiger partial charge on any atom is 0.0320 e. The zero-order chi connectivity index (χ0) is 13.2. The van der Waals surface area contributed by atoms with Gasteiger partial charge in [-0.15, -0.1) is 0 Å². The Kier molecular flexibility index (Phi) is 9.70. The summed E-state index contributed by atoms with van der Waals surface area (Å²) in [6, 6.07) is 0.731. The van der Waals surface area contributed by atoms with Crippen molar-refractivity contribution >= 4 is 23.5 Å². The number of hydrogen-bond donors (Lipinski definition) is 1. The Hall–Kier alpha value is 0.660. The predicted octanol–water partition coefficient (Wildman–Crippen LogP) is 4.56. The highest BCUT2D eigenvalue weighted by Gasteiger charge is 2.30. The van der Waals surface area contributed by atoms with Gasteiger partial charge in [-0.3, -0.25) is 0 Å². The smallest absolute Gasteiger partial charge is 0.0320 e. The van der Waals surface area contributed by atoms with Crippen LogP contribution in [0.15, 0.2) is 0 Å². The Morgan fingerprint density at radius 1 is 1.06 bits per heavy atom. The highest BCUT2D eigenvalue weighted by atomic mass is 32.2. The van der Waals surface area contributed by atoms with Gasteiger partial charge in [-0.05, 0) is 19.9 Å². The van der Waals surface area contributed by atoms with Crippen LogP contribution in [0.2, 0.25) is 0 Å². The lowest BCUT2D eigenvalue weighted by atomic mass is 10.0. The zero-order valence-corrected chi connectivity index (χ0v) is 14.0. The van der Waals surface area contributed by atoms with Gasteiger partial charge in [0.05, 0.1) is 0 Å². The molecule has 3 heteroatoms. The van der Waals surface area contributed by atoms with Crippen LogP contribution in [0, 0.1) is 0 Å². The Morgan fingerprint density at radius 2 is 1.78 bits per heavy atom. The van der Waals surface area contributed by atoms with Crippen LogP contribution in [-0.4, -0.2) is 35.1 Å². The molecule has 0 aromatic heterocycles. The second-order valence-electron chi connectivity index (χ2n) is 5.25. The molecule has 3 atom stereocenters. The van der Waals surface area contributed by atoms with Gasteiger partial charge in [0, 0.05) is 28.0 Å². The summed E-state index contributed by atoms with van der Waals surface area (Å²) in [5, 5.41) is 5.30. The van der Waals surface area contributed by atoms with Crippen LogP contribution >= 0.6 is 23.5 Å². The summed E-state index contributed by atoms with van der Waals surface area (Å²) >= 11 is 4.42. The molecule has 0 bridgehead atoms. The summed E-state index contributed by atoms with van der Waals surface area (Å²) < 4.78 is 0. The van der Waals surface area contributed by atoms with E-state index in [-0.39, 0.29) is 0 Å². The molecule has 0 amide bonds. The first-order valence-corrected chi connectivity index (χ1v) is 9.83. The molecule has 1 heterocycles.